The van der Waals surface area contributed by atoms with Gasteiger partial charge in [-0.15, -0.1) is 0 Å². The van der Waals surface area contributed by atoms with Crippen LogP contribution in [-0.4, -0.2) is 34.6 Å². The third-order valence-corrected chi connectivity index (χ3v) is 3.98. The summed E-state index contributed by atoms with van der Waals surface area (Å²) in [5.74, 6) is 0.0584. The zero-order valence-electron chi connectivity index (χ0n) is 12.0. The molecule has 3 heteroatoms. The number of hydrogen-bond donors (Lipinski definition) is 1. The molecule has 1 fully saturated rings. The minimum Gasteiger partial charge on any atom is -0.391 e. The van der Waals surface area contributed by atoms with Gasteiger partial charge in [-0.25, -0.2) is 0 Å². The number of aliphatic hydroxyl groups excluding tert-OH is 1. The average molecular weight is 261 g/mol. The number of amides is 1. The number of likely N-dealkylation sites (tertiary alicyclic amines) is 1. The highest BCUT2D eigenvalue weighted by molar-refractivity contribution is 5.96. The Bertz CT molecular complexity index is 468. The fourth-order valence-corrected chi connectivity index (χ4v) is 2.92. The van der Waals surface area contributed by atoms with Gasteiger partial charge in [0.15, 0.2) is 0 Å². The highest BCUT2D eigenvalue weighted by Gasteiger charge is 2.30. The van der Waals surface area contributed by atoms with Crippen molar-refractivity contribution in [3.8, 4) is 0 Å². The number of aliphatic hydroxyl groups is 1. The molecule has 1 heterocycles. The molecule has 0 radical (unpaired) electrons. The Morgan fingerprint density at radius 1 is 1.37 bits per heavy atom. The first kappa shape index (κ1) is 14.1. The Morgan fingerprint density at radius 2 is 2.11 bits per heavy atom. The Hall–Kier alpha value is -1.35. The number of hydrogen-bond acceptors (Lipinski definition) is 2. The average Bonchev–Trinajstić information content (AvgIpc) is 2.38. The number of carbonyl (C=O) groups excluding carboxylic acids is 1. The number of piperidine rings is 1. The van der Waals surface area contributed by atoms with E-state index < -0.39 is 6.10 Å². The van der Waals surface area contributed by atoms with Crippen LogP contribution in [0.15, 0.2) is 18.2 Å². The number of nitrogens with zero attached hydrogens (tertiary/aromatic N) is 1. The Kier molecular flexibility index (Phi) is 4.25. The van der Waals surface area contributed by atoms with Crippen LogP contribution >= 0.6 is 0 Å². The first-order valence-corrected chi connectivity index (χ1v) is 7.07. The van der Waals surface area contributed by atoms with Crippen molar-refractivity contribution in [2.75, 3.05) is 6.54 Å². The molecule has 104 valence electrons. The predicted molar refractivity (Wildman–Crippen MR) is 76.3 cm³/mol. The molecular weight excluding hydrogens is 238 g/mol. The van der Waals surface area contributed by atoms with Gasteiger partial charge in [-0.3, -0.25) is 4.79 Å². The molecule has 1 N–H and O–H groups in total. The summed E-state index contributed by atoms with van der Waals surface area (Å²) in [6.07, 6.45) is 2.55. The maximum Gasteiger partial charge on any atom is 0.254 e. The summed E-state index contributed by atoms with van der Waals surface area (Å²) in [7, 11) is 0. The van der Waals surface area contributed by atoms with E-state index in [0.717, 1.165) is 36.9 Å². The predicted octanol–water partition coefficient (Wildman–Crippen LogP) is 2.68. The summed E-state index contributed by atoms with van der Waals surface area (Å²) in [5, 5.41) is 9.86. The van der Waals surface area contributed by atoms with E-state index in [1.165, 1.54) is 5.56 Å². The van der Waals surface area contributed by atoms with Gasteiger partial charge in [0, 0.05) is 12.1 Å². The smallest absolute Gasteiger partial charge is 0.254 e. The molecule has 1 aliphatic heterocycles. The van der Waals surface area contributed by atoms with Crippen molar-refractivity contribution >= 4 is 5.91 Å². The van der Waals surface area contributed by atoms with Gasteiger partial charge < -0.3 is 10.0 Å². The van der Waals surface area contributed by atoms with Crippen molar-refractivity contribution in [1.82, 2.24) is 4.90 Å². The standard InChI is InChI=1S/C16H23NO2/c1-11-7-8-14(12(2)10-11)16(19)17-9-5-4-6-15(17)13(3)18/h7-8,10,13,15,18H,4-6,9H2,1-3H3/t13-,15+/m0/s1. The number of rotatable bonds is 2. The van der Waals surface area contributed by atoms with Gasteiger partial charge in [0.1, 0.15) is 0 Å². The Labute approximate surface area is 115 Å². The second kappa shape index (κ2) is 5.74. The van der Waals surface area contributed by atoms with Gasteiger partial charge in [0.05, 0.1) is 12.1 Å². The van der Waals surface area contributed by atoms with Crippen molar-refractivity contribution in [3.63, 3.8) is 0 Å². The van der Waals surface area contributed by atoms with Gasteiger partial charge in [0.25, 0.3) is 5.91 Å². The van der Waals surface area contributed by atoms with E-state index in [9.17, 15) is 9.90 Å². The van der Waals surface area contributed by atoms with Crippen LogP contribution in [0.25, 0.3) is 0 Å². The van der Waals surface area contributed by atoms with E-state index in [0.29, 0.717) is 0 Å². The van der Waals surface area contributed by atoms with Gasteiger partial charge in [0.2, 0.25) is 0 Å². The molecule has 0 aliphatic carbocycles. The highest BCUT2D eigenvalue weighted by Crippen LogP contribution is 2.23. The first-order valence-electron chi connectivity index (χ1n) is 7.07. The van der Waals surface area contributed by atoms with Crippen molar-refractivity contribution in [2.24, 2.45) is 0 Å². The quantitative estimate of drug-likeness (QED) is 0.889. The van der Waals surface area contributed by atoms with E-state index in [1.807, 2.05) is 36.9 Å². The van der Waals surface area contributed by atoms with Crippen LogP contribution in [0, 0.1) is 13.8 Å². The van der Waals surface area contributed by atoms with Gasteiger partial charge in [-0.2, -0.15) is 0 Å². The van der Waals surface area contributed by atoms with Crippen molar-refractivity contribution in [2.45, 2.75) is 52.2 Å². The Balaban J connectivity index is 2.26. The summed E-state index contributed by atoms with van der Waals surface area (Å²) in [6.45, 7) is 6.53. The van der Waals surface area contributed by atoms with Crippen LogP contribution in [0.3, 0.4) is 0 Å². The van der Waals surface area contributed by atoms with Gasteiger partial charge >= 0.3 is 0 Å². The van der Waals surface area contributed by atoms with Crippen LogP contribution in [0.5, 0.6) is 0 Å². The summed E-state index contributed by atoms with van der Waals surface area (Å²) in [4.78, 5) is 14.5. The molecule has 3 nitrogen and oxygen atoms in total. The monoisotopic (exact) mass is 261 g/mol. The molecule has 0 aromatic heterocycles. The SMILES string of the molecule is Cc1ccc(C(=O)N2CCCC[C@@H]2[C@H](C)O)c(C)c1. The second-order valence-corrected chi connectivity index (χ2v) is 5.62. The molecule has 1 saturated heterocycles. The van der Waals surface area contributed by atoms with Gasteiger partial charge in [-0.1, -0.05) is 17.7 Å². The minimum atomic E-state index is -0.463. The van der Waals surface area contributed by atoms with Crippen molar-refractivity contribution < 1.29 is 9.90 Å². The molecule has 2 atom stereocenters. The first-order chi connectivity index (χ1) is 9.00. The summed E-state index contributed by atoms with van der Waals surface area (Å²) < 4.78 is 0. The zero-order chi connectivity index (χ0) is 14.0. The lowest BCUT2D eigenvalue weighted by Crippen LogP contribution is -2.49. The number of carbonyl (C=O) groups is 1. The minimum absolute atomic E-state index is 0.0399. The van der Waals surface area contributed by atoms with Gasteiger partial charge in [-0.05, 0) is 51.7 Å². The van der Waals surface area contributed by atoms with E-state index in [-0.39, 0.29) is 11.9 Å². The topological polar surface area (TPSA) is 40.5 Å². The molecule has 0 spiro atoms. The molecule has 0 saturated carbocycles. The molecule has 0 unspecified atom stereocenters. The van der Waals surface area contributed by atoms with E-state index in [1.54, 1.807) is 6.92 Å². The van der Waals surface area contributed by atoms with E-state index >= 15 is 0 Å². The van der Waals surface area contributed by atoms with E-state index in [2.05, 4.69) is 0 Å². The molecule has 19 heavy (non-hydrogen) atoms. The van der Waals surface area contributed by atoms with Crippen LogP contribution in [0.1, 0.15) is 47.7 Å². The summed E-state index contributed by atoms with van der Waals surface area (Å²) in [6, 6.07) is 5.87. The lowest BCUT2D eigenvalue weighted by molar-refractivity contribution is 0.0280. The lowest BCUT2D eigenvalue weighted by atomic mass is 9.96. The largest absolute Gasteiger partial charge is 0.391 e. The zero-order valence-corrected chi connectivity index (χ0v) is 12.0. The third kappa shape index (κ3) is 2.98. The fraction of sp³-hybridized carbons (Fsp3) is 0.562. The normalized spacial score (nSPS) is 21.3. The maximum absolute atomic E-state index is 12.7. The van der Waals surface area contributed by atoms with Crippen LogP contribution in [0.4, 0.5) is 0 Å². The van der Waals surface area contributed by atoms with E-state index in [4.69, 9.17) is 0 Å². The summed E-state index contributed by atoms with van der Waals surface area (Å²) in [5.41, 5.74) is 2.94. The molecular formula is C16H23NO2. The molecule has 1 amide bonds. The molecule has 1 aromatic carbocycles. The van der Waals surface area contributed by atoms with Crippen molar-refractivity contribution in [1.29, 1.82) is 0 Å². The third-order valence-electron chi connectivity index (χ3n) is 3.98. The van der Waals surface area contributed by atoms with Crippen LogP contribution in [0.2, 0.25) is 0 Å². The molecule has 2 rings (SSSR count). The number of benzene rings is 1. The van der Waals surface area contributed by atoms with Crippen molar-refractivity contribution in [3.05, 3.63) is 34.9 Å². The molecule has 1 aliphatic rings. The van der Waals surface area contributed by atoms with Crippen LogP contribution < -0.4 is 0 Å². The highest BCUT2D eigenvalue weighted by atomic mass is 16.3. The Morgan fingerprint density at radius 3 is 2.74 bits per heavy atom. The summed E-state index contributed by atoms with van der Waals surface area (Å²) >= 11 is 0. The second-order valence-electron chi connectivity index (χ2n) is 5.62. The molecule has 0 bridgehead atoms. The number of aryl methyl sites for hydroxylation is 2. The fourth-order valence-electron chi connectivity index (χ4n) is 2.92. The van der Waals surface area contributed by atoms with Crippen LogP contribution in [-0.2, 0) is 0 Å². The lowest BCUT2D eigenvalue weighted by Gasteiger charge is -2.37. The molecule has 1 aromatic rings. The maximum atomic E-state index is 12.7.